The van der Waals surface area contributed by atoms with Crippen LogP contribution in [0.3, 0.4) is 0 Å². The number of hydrogen-bond donors (Lipinski definition) is 0. The quantitative estimate of drug-likeness (QED) is 0.325. The zero-order chi connectivity index (χ0) is 23.8. The number of carbonyl (C=O) groups excluding carboxylic acids is 1. The van der Waals surface area contributed by atoms with Gasteiger partial charge < -0.3 is 4.57 Å². The lowest BCUT2D eigenvalue weighted by Gasteiger charge is -2.23. The van der Waals surface area contributed by atoms with E-state index in [4.69, 9.17) is 10.1 Å². The van der Waals surface area contributed by atoms with Crippen molar-refractivity contribution >= 4 is 34.0 Å². The Bertz CT molecular complexity index is 1530. The van der Waals surface area contributed by atoms with Gasteiger partial charge in [0.15, 0.2) is 0 Å². The van der Waals surface area contributed by atoms with Crippen molar-refractivity contribution in [2.24, 2.45) is 5.10 Å². The highest BCUT2D eigenvalue weighted by Gasteiger charge is 2.34. The van der Waals surface area contributed by atoms with E-state index in [0.717, 1.165) is 32.7 Å². The van der Waals surface area contributed by atoms with Gasteiger partial charge in [0.25, 0.3) is 5.91 Å². The molecule has 0 fully saturated rings. The summed E-state index contributed by atoms with van der Waals surface area (Å²) in [7, 11) is 0. The number of amides is 1. The number of benzene rings is 2. The van der Waals surface area contributed by atoms with E-state index in [1.807, 2.05) is 58.5 Å². The Morgan fingerprint density at radius 2 is 1.80 bits per heavy atom. The van der Waals surface area contributed by atoms with E-state index in [-0.39, 0.29) is 24.3 Å². The first-order valence-electron chi connectivity index (χ1n) is 11.2. The number of imidazole rings is 1. The van der Waals surface area contributed by atoms with Crippen LogP contribution >= 0.6 is 11.3 Å². The van der Waals surface area contributed by atoms with Gasteiger partial charge in [0, 0.05) is 24.4 Å². The summed E-state index contributed by atoms with van der Waals surface area (Å²) in [4.78, 5) is 23.7. The molecule has 172 valence electrons. The van der Waals surface area contributed by atoms with E-state index in [9.17, 15) is 9.18 Å². The number of rotatable bonds is 5. The maximum absolute atomic E-state index is 13.8. The normalized spacial score (nSPS) is 15.5. The Morgan fingerprint density at radius 3 is 2.57 bits per heavy atom. The molecule has 1 atom stereocenters. The molecule has 0 radical (unpaired) electrons. The van der Waals surface area contributed by atoms with Crippen LogP contribution in [0.15, 0.2) is 95.7 Å². The number of aromatic nitrogens is 3. The van der Waals surface area contributed by atoms with Crippen LogP contribution in [0.25, 0.3) is 22.4 Å². The SMILES string of the molecule is O=C(Cn1c(-c2ccncc2)nc2ccccc21)N1N=C(c2cccs2)CC1c1ccc(F)cc1. The first kappa shape index (κ1) is 21.4. The molecule has 0 N–H and O–H groups in total. The summed E-state index contributed by atoms with van der Waals surface area (Å²) in [5.74, 6) is 0.224. The second-order valence-corrected chi connectivity index (χ2v) is 9.23. The van der Waals surface area contributed by atoms with Crippen LogP contribution < -0.4 is 0 Å². The van der Waals surface area contributed by atoms with Gasteiger partial charge in [-0.2, -0.15) is 5.10 Å². The highest BCUT2D eigenvalue weighted by Crippen LogP contribution is 2.35. The van der Waals surface area contributed by atoms with Crippen molar-refractivity contribution in [2.45, 2.75) is 19.0 Å². The van der Waals surface area contributed by atoms with E-state index >= 15 is 0 Å². The number of para-hydroxylation sites is 2. The molecule has 35 heavy (non-hydrogen) atoms. The molecule has 0 bridgehead atoms. The smallest absolute Gasteiger partial charge is 0.263 e. The number of hydrazone groups is 1. The van der Waals surface area contributed by atoms with Crippen LogP contribution in [-0.2, 0) is 11.3 Å². The Labute approximate surface area is 205 Å². The molecule has 6 rings (SSSR count). The van der Waals surface area contributed by atoms with Gasteiger partial charge in [-0.3, -0.25) is 9.78 Å². The minimum Gasteiger partial charge on any atom is -0.314 e. The number of hydrogen-bond acceptors (Lipinski definition) is 5. The standard InChI is InChI=1S/C27H20FN5OS/c28-20-9-7-18(8-10-20)24-16-22(25-6-3-15-35-25)31-33(24)26(34)17-32-23-5-2-1-4-21(23)30-27(32)19-11-13-29-14-12-19/h1-15,24H,16-17H2. The number of thiophene rings is 1. The number of halogens is 1. The fourth-order valence-corrected chi connectivity index (χ4v) is 5.16. The predicted octanol–water partition coefficient (Wildman–Crippen LogP) is 5.68. The number of carbonyl (C=O) groups is 1. The van der Waals surface area contributed by atoms with Crippen LogP contribution in [0.5, 0.6) is 0 Å². The lowest BCUT2D eigenvalue weighted by molar-refractivity contribution is -0.133. The predicted molar refractivity (Wildman–Crippen MR) is 134 cm³/mol. The van der Waals surface area contributed by atoms with Crippen LogP contribution in [0, 0.1) is 5.82 Å². The average molecular weight is 482 g/mol. The number of fused-ring (bicyclic) bond motifs is 1. The van der Waals surface area contributed by atoms with Crippen LogP contribution in [0.4, 0.5) is 4.39 Å². The molecule has 1 aliphatic rings. The number of pyridine rings is 1. The molecule has 0 spiro atoms. The Kier molecular flexibility index (Phi) is 5.42. The largest absolute Gasteiger partial charge is 0.314 e. The van der Waals surface area contributed by atoms with Crippen LogP contribution in [0.1, 0.15) is 22.9 Å². The highest BCUT2D eigenvalue weighted by molar-refractivity contribution is 7.12. The molecule has 0 saturated heterocycles. The minimum atomic E-state index is -0.309. The summed E-state index contributed by atoms with van der Waals surface area (Å²) < 4.78 is 15.5. The fraction of sp³-hybridized carbons (Fsp3) is 0.111. The van der Waals surface area contributed by atoms with Gasteiger partial charge in [0.05, 0.1) is 27.7 Å². The average Bonchev–Trinajstić information content (AvgIpc) is 3.64. The lowest BCUT2D eigenvalue weighted by Crippen LogP contribution is -2.30. The van der Waals surface area contributed by atoms with E-state index in [1.165, 1.54) is 12.1 Å². The first-order chi connectivity index (χ1) is 17.2. The highest BCUT2D eigenvalue weighted by atomic mass is 32.1. The Morgan fingerprint density at radius 1 is 1.00 bits per heavy atom. The van der Waals surface area contributed by atoms with Gasteiger partial charge in [-0.15, -0.1) is 11.3 Å². The summed E-state index contributed by atoms with van der Waals surface area (Å²) in [5, 5.41) is 8.29. The summed E-state index contributed by atoms with van der Waals surface area (Å²) >= 11 is 1.59. The van der Waals surface area contributed by atoms with Crippen molar-refractivity contribution in [3.8, 4) is 11.4 Å². The van der Waals surface area contributed by atoms with E-state index in [0.29, 0.717) is 12.2 Å². The summed E-state index contributed by atoms with van der Waals surface area (Å²) in [6.45, 7) is 0.0666. The molecule has 2 aromatic carbocycles. The third-order valence-electron chi connectivity index (χ3n) is 6.11. The summed E-state index contributed by atoms with van der Waals surface area (Å²) in [5.41, 5.74) is 4.26. The molecular weight excluding hydrogens is 461 g/mol. The van der Waals surface area contributed by atoms with Gasteiger partial charge in [0.1, 0.15) is 18.2 Å². The van der Waals surface area contributed by atoms with Gasteiger partial charge in [0.2, 0.25) is 0 Å². The van der Waals surface area contributed by atoms with Gasteiger partial charge >= 0.3 is 0 Å². The van der Waals surface area contributed by atoms with E-state index in [1.54, 1.807) is 40.9 Å². The second-order valence-electron chi connectivity index (χ2n) is 8.28. The molecule has 5 aromatic rings. The lowest BCUT2D eigenvalue weighted by atomic mass is 10.0. The molecule has 8 heteroatoms. The zero-order valence-corrected chi connectivity index (χ0v) is 19.4. The van der Waals surface area contributed by atoms with E-state index < -0.39 is 0 Å². The van der Waals surface area contributed by atoms with Gasteiger partial charge in [-0.25, -0.2) is 14.4 Å². The van der Waals surface area contributed by atoms with Crippen molar-refractivity contribution in [2.75, 3.05) is 0 Å². The van der Waals surface area contributed by atoms with Crippen molar-refractivity contribution in [1.82, 2.24) is 19.5 Å². The summed E-state index contributed by atoms with van der Waals surface area (Å²) in [6, 6.07) is 21.5. The van der Waals surface area contributed by atoms with Crippen molar-refractivity contribution < 1.29 is 9.18 Å². The van der Waals surface area contributed by atoms with E-state index in [2.05, 4.69) is 4.98 Å². The van der Waals surface area contributed by atoms with Crippen molar-refractivity contribution in [3.05, 3.63) is 107 Å². The topological polar surface area (TPSA) is 63.4 Å². The first-order valence-corrected chi connectivity index (χ1v) is 12.1. The van der Waals surface area contributed by atoms with Crippen LogP contribution in [0.2, 0.25) is 0 Å². The molecule has 1 amide bonds. The molecule has 1 unspecified atom stereocenters. The molecule has 6 nitrogen and oxygen atoms in total. The Hall–Kier alpha value is -4.17. The van der Waals surface area contributed by atoms with Crippen molar-refractivity contribution in [3.63, 3.8) is 0 Å². The molecule has 0 saturated carbocycles. The second kappa shape index (κ2) is 8.88. The van der Waals surface area contributed by atoms with Crippen molar-refractivity contribution in [1.29, 1.82) is 0 Å². The number of nitrogens with zero attached hydrogens (tertiary/aromatic N) is 5. The van der Waals surface area contributed by atoms with Crippen LogP contribution in [-0.4, -0.2) is 31.2 Å². The Balaban J connectivity index is 1.40. The van der Waals surface area contributed by atoms with Gasteiger partial charge in [-0.1, -0.05) is 30.3 Å². The minimum absolute atomic E-state index is 0.0666. The third kappa shape index (κ3) is 4.02. The van der Waals surface area contributed by atoms with Gasteiger partial charge in [-0.05, 0) is 53.4 Å². The maximum atomic E-state index is 13.8. The molecule has 1 aliphatic heterocycles. The maximum Gasteiger partial charge on any atom is 0.263 e. The molecular formula is C27H20FN5OS. The molecule has 3 aromatic heterocycles. The monoisotopic (exact) mass is 481 g/mol. The summed E-state index contributed by atoms with van der Waals surface area (Å²) in [6.07, 6.45) is 3.99. The third-order valence-corrected chi connectivity index (χ3v) is 7.03. The zero-order valence-electron chi connectivity index (χ0n) is 18.6. The molecule has 4 heterocycles. The molecule has 0 aliphatic carbocycles. The fourth-order valence-electron chi connectivity index (χ4n) is 4.44.